The number of thioether (sulfide) groups is 1. The Morgan fingerprint density at radius 3 is 2.10 bits per heavy atom. The van der Waals surface area contributed by atoms with Gasteiger partial charge in [0, 0.05) is 0 Å². The van der Waals surface area contributed by atoms with Gasteiger partial charge in [0.1, 0.15) is 0 Å². The van der Waals surface area contributed by atoms with Crippen LogP contribution in [0.5, 0.6) is 0 Å². The minimum Gasteiger partial charge on any atom is -0.277 e. The molecule has 0 saturated heterocycles. The Morgan fingerprint density at radius 1 is 1.50 bits per heavy atom. The van der Waals surface area contributed by atoms with Gasteiger partial charge >= 0.3 is 0 Å². The first-order valence-electron chi connectivity index (χ1n) is 3.29. The normalized spacial score (nSPS) is 18.2. The summed E-state index contributed by atoms with van der Waals surface area (Å²) < 4.78 is 0. The zero-order valence-electron chi connectivity index (χ0n) is 7.38. The van der Waals surface area contributed by atoms with Gasteiger partial charge in [0.15, 0.2) is 4.99 Å². The second-order valence-electron chi connectivity index (χ2n) is 2.42. The summed E-state index contributed by atoms with van der Waals surface area (Å²) in [5.41, 5.74) is 0. The van der Waals surface area contributed by atoms with Crippen LogP contribution in [-0.4, -0.2) is 36.5 Å². The largest absolute Gasteiger partial charge is 0.277 e. The van der Waals surface area contributed by atoms with E-state index in [2.05, 4.69) is 23.1 Å². The van der Waals surface area contributed by atoms with Gasteiger partial charge in [0.05, 0.1) is 0 Å². The lowest BCUT2D eigenvalue weighted by atomic mass is 10.5. The first-order chi connectivity index (χ1) is 4.56. The van der Waals surface area contributed by atoms with Crippen molar-refractivity contribution in [1.29, 1.82) is 0 Å². The van der Waals surface area contributed by atoms with Crippen LogP contribution >= 0.6 is 11.8 Å². The average Bonchev–Trinajstić information content (AvgIpc) is 1.88. The van der Waals surface area contributed by atoms with Gasteiger partial charge < -0.3 is 0 Å². The quantitative estimate of drug-likeness (QED) is 0.461. The predicted molar refractivity (Wildman–Crippen MR) is 49.8 cm³/mol. The number of hydrogen-bond donors (Lipinski definition) is 0. The predicted octanol–water partition coefficient (Wildman–Crippen LogP) is 1.68. The molecule has 0 aliphatic heterocycles. The van der Waals surface area contributed by atoms with Crippen LogP contribution in [0.3, 0.4) is 0 Å². The van der Waals surface area contributed by atoms with Crippen LogP contribution < -0.4 is 0 Å². The van der Waals surface area contributed by atoms with Crippen LogP contribution in [0.4, 0.5) is 0 Å². The molecule has 1 unspecified atom stereocenters. The molecule has 60 valence electrons. The zero-order chi connectivity index (χ0) is 8.20. The van der Waals surface area contributed by atoms with Crippen LogP contribution in [0.25, 0.3) is 0 Å². The van der Waals surface area contributed by atoms with E-state index in [1.807, 2.05) is 27.2 Å². The van der Waals surface area contributed by atoms with E-state index < -0.39 is 0 Å². The van der Waals surface area contributed by atoms with Crippen LogP contribution in [0.15, 0.2) is 4.99 Å². The van der Waals surface area contributed by atoms with Crippen molar-refractivity contribution in [3.05, 3.63) is 0 Å². The SMILES string of the molecule is CC=NC(C)(SC)N(C)C. The summed E-state index contributed by atoms with van der Waals surface area (Å²) in [5.74, 6) is 0. The smallest absolute Gasteiger partial charge is 0.156 e. The fourth-order valence-electron chi connectivity index (χ4n) is 0.590. The molecule has 0 aliphatic rings. The Balaban J connectivity index is 4.22. The molecule has 0 spiro atoms. The fourth-order valence-corrected chi connectivity index (χ4v) is 1.17. The minimum atomic E-state index is -0.0885. The first-order valence-corrected chi connectivity index (χ1v) is 4.51. The van der Waals surface area contributed by atoms with Gasteiger partial charge in [0.25, 0.3) is 0 Å². The van der Waals surface area contributed by atoms with Crippen LogP contribution in [0.2, 0.25) is 0 Å². The number of rotatable bonds is 3. The van der Waals surface area contributed by atoms with E-state index in [1.54, 1.807) is 11.8 Å². The van der Waals surface area contributed by atoms with Crippen LogP contribution in [0, 0.1) is 0 Å². The number of nitrogens with zero attached hydrogens (tertiary/aromatic N) is 2. The van der Waals surface area contributed by atoms with E-state index in [4.69, 9.17) is 0 Å². The Morgan fingerprint density at radius 2 is 2.00 bits per heavy atom. The molecule has 0 radical (unpaired) electrons. The van der Waals surface area contributed by atoms with E-state index in [-0.39, 0.29) is 4.99 Å². The lowest BCUT2D eigenvalue weighted by molar-refractivity contribution is 0.289. The van der Waals surface area contributed by atoms with Gasteiger partial charge in [-0.15, -0.1) is 11.8 Å². The average molecular weight is 160 g/mol. The highest BCUT2D eigenvalue weighted by Gasteiger charge is 2.22. The topological polar surface area (TPSA) is 15.6 Å². The van der Waals surface area contributed by atoms with E-state index in [0.29, 0.717) is 0 Å². The molecular formula is C7H16N2S. The van der Waals surface area contributed by atoms with Crippen LogP contribution in [0.1, 0.15) is 13.8 Å². The highest BCUT2D eigenvalue weighted by atomic mass is 32.2. The molecule has 2 nitrogen and oxygen atoms in total. The van der Waals surface area contributed by atoms with E-state index in [1.165, 1.54) is 0 Å². The number of aliphatic imine (C=N–C) groups is 1. The third-order valence-electron chi connectivity index (χ3n) is 1.59. The molecule has 0 aliphatic carbocycles. The maximum atomic E-state index is 4.34. The van der Waals surface area contributed by atoms with Crippen molar-refractivity contribution >= 4 is 18.0 Å². The van der Waals surface area contributed by atoms with Crippen molar-refractivity contribution in [3.63, 3.8) is 0 Å². The summed E-state index contributed by atoms with van der Waals surface area (Å²) in [4.78, 5) is 6.34. The van der Waals surface area contributed by atoms with Gasteiger partial charge in [-0.25, -0.2) is 0 Å². The lowest BCUT2D eigenvalue weighted by Crippen LogP contribution is -2.35. The Hall–Kier alpha value is -0.0200. The molecule has 0 N–H and O–H groups in total. The minimum absolute atomic E-state index is 0.0885. The molecule has 0 rings (SSSR count). The van der Waals surface area contributed by atoms with Crippen molar-refractivity contribution in [1.82, 2.24) is 4.90 Å². The third kappa shape index (κ3) is 2.31. The fraction of sp³-hybridized carbons (Fsp3) is 0.857. The summed E-state index contributed by atoms with van der Waals surface area (Å²) in [7, 11) is 4.06. The van der Waals surface area contributed by atoms with Crippen molar-refractivity contribution in [2.45, 2.75) is 18.8 Å². The first kappa shape index (κ1) is 9.98. The molecule has 10 heavy (non-hydrogen) atoms. The van der Waals surface area contributed by atoms with E-state index in [0.717, 1.165) is 0 Å². The second kappa shape index (κ2) is 3.98. The zero-order valence-corrected chi connectivity index (χ0v) is 8.20. The molecule has 1 atom stereocenters. The Kier molecular flexibility index (Phi) is 3.98. The maximum absolute atomic E-state index is 4.34. The summed E-state index contributed by atoms with van der Waals surface area (Å²) >= 11 is 1.73. The van der Waals surface area contributed by atoms with Gasteiger partial charge in [-0.3, -0.25) is 9.89 Å². The summed E-state index contributed by atoms with van der Waals surface area (Å²) in [6.07, 6.45) is 3.91. The van der Waals surface area contributed by atoms with Gasteiger partial charge in [-0.2, -0.15) is 0 Å². The molecule has 0 aromatic heterocycles. The summed E-state index contributed by atoms with van der Waals surface area (Å²) in [5, 5.41) is 0. The maximum Gasteiger partial charge on any atom is 0.156 e. The highest BCUT2D eigenvalue weighted by molar-refractivity contribution is 7.99. The summed E-state index contributed by atoms with van der Waals surface area (Å²) in [6, 6.07) is 0. The van der Waals surface area contributed by atoms with Crippen molar-refractivity contribution < 1.29 is 0 Å². The molecule has 0 aromatic carbocycles. The molecular weight excluding hydrogens is 144 g/mol. The molecule has 0 heterocycles. The highest BCUT2D eigenvalue weighted by Crippen LogP contribution is 2.25. The van der Waals surface area contributed by atoms with E-state index in [9.17, 15) is 0 Å². The van der Waals surface area contributed by atoms with Gasteiger partial charge in [0.2, 0.25) is 0 Å². The lowest BCUT2D eigenvalue weighted by Gasteiger charge is -2.30. The number of hydrogen-bond acceptors (Lipinski definition) is 3. The van der Waals surface area contributed by atoms with Crippen molar-refractivity contribution in [2.75, 3.05) is 20.4 Å². The third-order valence-corrected chi connectivity index (χ3v) is 2.83. The summed E-state index contributed by atoms with van der Waals surface area (Å²) in [6.45, 7) is 4.04. The monoisotopic (exact) mass is 160 g/mol. The molecule has 0 saturated carbocycles. The Bertz CT molecular complexity index is 123. The van der Waals surface area contributed by atoms with Gasteiger partial charge in [-0.05, 0) is 40.4 Å². The van der Waals surface area contributed by atoms with Gasteiger partial charge in [-0.1, -0.05) is 0 Å². The molecule has 3 heteroatoms. The molecule has 0 amide bonds. The van der Waals surface area contributed by atoms with Crippen molar-refractivity contribution in [3.8, 4) is 0 Å². The van der Waals surface area contributed by atoms with Crippen molar-refractivity contribution in [2.24, 2.45) is 4.99 Å². The Labute approximate surface area is 67.7 Å². The second-order valence-corrected chi connectivity index (χ2v) is 3.60. The standard InChI is InChI=1S/C7H16N2S/c1-6-8-7(2,10-5)9(3)4/h6H,1-5H3. The molecule has 0 bridgehead atoms. The van der Waals surface area contributed by atoms with E-state index >= 15 is 0 Å². The van der Waals surface area contributed by atoms with Crippen LogP contribution in [-0.2, 0) is 0 Å². The molecule has 0 fully saturated rings. The molecule has 0 aromatic rings.